The molecule has 1 heterocycles. The number of nitrogens with zero attached hydrogens (tertiary/aromatic N) is 1. The van der Waals surface area contributed by atoms with Crippen molar-refractivity contribution in [3.8, 4) is 0 Å². The van der Waals surface area contributed by atoms with Crippen LogP contribution < -0.4 is 0 Å². The summed E-state index contributed by atoms with van der Waals surface area (Å²) in [5, 5.41) is -0.257. The summed E-state index contributed by atoms with van der Waals surface area (Å²) in [6.07, 6.45) is 2.93. The molecule has 3 nitrogen and oxygen atoms in total. The Bertz CT molecular complexity index is 222. The number of hydrogen-bond donors (Lipinski definition) is 0. The Hall–Kier alpha value is -0.570. The average Bonchev–Trinajstić information content (AvgIpc) is 2.18. The smallest absolute Gasteiger partial charge is 0.224 e. The van der Waals surface area contributed by atoms with Crippen molar-refractivity contribution in [3.63, 3.8) is 0 Å². The topological polar surface area (TPSA) is 37.4 Å². The van der Waals surface area contributed by atoms with Gasteiger partial charge in [-0.3, -0.25) is 9.59 Å². The van der Waals surface area contributed by atoms with Gasteiger partial charge in [-0.1, -0.05) is 6.92 Å². The molecule has 1 amide bonds. The van der Waals surface area contributed by atoms with Gasteiger partial charge in [-0.2, -0.15) is 0 Å². The number of likely N-dealkylation sites (tertiary alicyclic amines) is 1. The van der Waals surface area contributed by atoms with Crippen LogP contribution in [-0.2, 0) is 9.59 Å². The van der Waals surface area contributed by atoms with Crippen LogP contribution in [0.3, 0.4) is 0 Å². The molecule has 0 saturated carbocycles. The minimum Gasteiger partial charge on any atom is -0.343 e. The van der Waals surface area contributed by atoms with E-state index in [-0.39, 0.29) is 17.1 Å². The maximum atomic E-state index is 11.5. The lowest BCUT2D eigenvalue weighted by molar-refractivity contribution is -0.133. The first-order valence-electron chi connectivity index (χ1n) is 5.12. The predicted octanol–water partition coefficient (Wildman–Crippen LogP) is 1.79. The second-order valence-corrected chi connectivity index (χ2v) is 4.08. The van der Waals surface area contributed by atoms with Crippen molar-refractivity contribution in [2.75, 3.05) is 13.1 Å². The van der Waals surface area contributed by atoms with Crippen LogP contribution in [0.2, 0.25) is 0 Å². The van der Waals surface area contributed by atoms with E-state index in [9.17, 15) is 9.59 Å². The first-order chi connectivity index (χ1) is 6.65. The van der Waals surface area contributed by atoms with E-state index in [1.54, 1.807) is 0 Å². The molecule has 0 unspecified atom stereocenters. The van der Waals surface area contributed by atoms with Gasteiger partial charge in [-0.25, -0.2) is 0 Å². The fourth-order valence-electron chi connectivity index (χ4n) is 1.73. The van der Waals surface area contributed by atoms with Crippen molar-refractivity contribution in [3.05, 3.63) is 0 Å². The Kier molecular flexibility index (Phi) is 4.39. The number of hydrogen-bond acceptors (Lipinski definition) is 2. The first kappa shape index (κ1) is 11.5. The van der Waals surface area contributed by atoms with Crippen molar-refractivity contribution in [1.29, 1.82) is 0 Å². The zero-order valence-corrected chi connectivity index (χ0v) is 9.22. The molecule has 0 bridgehead atoms. The van der Waals surface area contributed by atoms with Crippen LogP contribution in [0.15, 0.2) is 0 Å². The molecule has 1 aliphatic rings. The van der Waals surface area contributed by atoms with E-state index >= 15 is 0 Å². The van der Waals surface area contributed by atoms with Gasteiger partial charge < -0.3 is 4.90 Å². The van der Waals surface area contributed by atoms with E-state index in [2.05, 4.69) is 0 Å². The van der Waals surface area contributed by atoms with Crippen LogP contribution in [0.5, 0.6) is 0 Å². The second-order valence-electron chi connectivity index (χ2n) is 3.71. The van der Waals surface area contributed by atoms with Gasteiger partial charge in [-0.15, -0.1) is 0 Å². The summed E-state index contributed by atoms with van der Waals surface area (Å²) >= 11 is 5.40. The summed E-state index contributed by atoms with van der Waals surface area (Å²) in [4.78, 5) is 24.2. The molecule has 1 saturated heterocycles. The number of carbonyl (C=O) groups is 2. The lowest BCUT2D eigenvalue weighted by Gasteiger charge is -2.30. The van der Waals surface area contributed by atoms with E-state index in [0.29, 0.717) is 19.5 Å². The SMILES string of the molecule is CCCC(=O)N1CCC(C(=O)Cl)CC1. The summed E-state index contributed by atoms with van der Waals surface area (Å²) in [5.74, 6) is 0.162. The van der Waals surface area contributed by atoms with Crippen LogP contribution in [0, 0.1) is 5.92 Å². The lowest BCUT2D eigenvalue weighted by atomic mass is 9.98. The number of carbonyl (C=O) groups excluding carboxylic acids is 2. The molecule has 0 aromatic rings. The van der Waals surface area contributed by atoms with Crippen molar-refractivity contribution in [2.45, 2.75) is 32.6 Å². The quantitative estimate of drug-likeness (QED) is 0.676. The summed E-state index contributed by atoms with van der Waals surface area (Å²) in [5.41, 5.74) is 0. The molecule has 1 rings (SSSR count). The molecule has 0 aromatic carbocycles. The molecular formula is C10H16ClNO2. The fraction of sp³-hybridized carbons (Fsp3) is 0.800. The summed E-state index contributed by atoms with van der Waals surface area (Å²) in [7, 11) is 0. The average molecular weight is 218 g/mol. The van der Waals surface area contributed by atoms with Gasteiger partial charge in [-0.05, 0) is 30.9 Å². The zero-order valence-electron chi connectivity index (χ0n) is 8.46. The Morgan fingerprint density at radius 2 is 1.93 bits per heavy atom. The van der Waals surface area contributed by atoms with E-state index in [0.717, 1.165) is 19.3 Å². The molecule has 4 heteroatoms. The number of halogens is 1. The summed E-state index contributed by atoms with van der Waals surface area (Å²) < 4.78 is 0. The van der Waals surface area contributed by atoms with Gasteiger partial charge in [0, 0.05) is 25.4 Å². The van der Waals surface area contributed by atoms with Crippen LogP contribution in [0.25, 0.3) is 0 Å². The number of rotatable bonds is 3. The molecule has 0 aromatic heterocycles. The van der Waals surface area contributed by atoms with Crippen molar-refractivity contribution in [2.24, 2.45) is 5.92 Å². The third-order valence-corrected chi connectivity index (χ3v) is 2.94. The second kappa shape index (κ2) is 5.35. The highest BCUT2D eigenvalue weighted by molar-refractivity contribution is 6.63. The molecule has 0 aliphatic carbocycles. The molecule has 0 N–H and O–H groups in total. The molecule has 0 radical (unpaired) electrons. The minimum absolute atomic E-state index is 0.0395. The fourth-order valence-corrected chi connectivity index (χ4v) is 1.95. The largest absolute Gasteiger partial charge is 0.343 e. The molecular weight excluding hydrogens is 202 g/mol. The normalized spacial score (nSPS) is 18.3. The van der Waals surface area contributed by atoms with Gasteiger partial charge in [0.15, 0.2) is 0 Å². The third-order valence-electron chi connectivity index (χ3n) is 2.63. The van der Waals surface area contributed by atoms with E-state index in [1.807, 2.05) is 11.8 Å². The predicted molar refractivity (Wildman–Crippen MR) is 55.1 cm³/mol. The maximum Gasteiger partial charge on any atom is 0.224 e. The van der Waals surface area contributed by atoms with Crippen molar-refractivity contribution >= 4 is 22.8 Å². The number of amides is 1. The van der Waals surface area contributed by atoms with Gasteiger partial charge in [0.1, 0.15) is 0 Å². The molecule has 14 heavy (non-hydrogen) atoms. The Labute approximate surface area is 89.4 Å². The van der Waals surface area contributed by atoms with E-state index in [4.69, 9.17) is 11.6 Å². The molecule has 0 atom stereocenters. The summed E-state index contributed by atoms with van der Waals surface area (Å²) in [6.45, 7) is 3.36. The van der Waals surface area contributed by atoms with Crippen LogP contribution >= 0.6 is 11.6 Å². The maximum absolute atomic E-state index is 11.5. The Morgan fingerprint density at radius 3 is 2.36 bits per heavy atom. The Balaban J connectivity index is 2.35. The van der Waals surface area contributed by atoms with Crippen LogP contribution in [-0.4, -0.2) is 29.1 Å². The monoisotopic (exact) mass is 217 g/mol. The highest BCUT2D eigenvalue weighted by Crippen LogP contribution is 2.20. The van der Waals surface area contributed by atoms with E-state index in [1.165, 1.54) is 0 Å². The first-order valence-corrected chi connectivity index (χ1v) is 5.50. The summed E-state index contributed by atoms with van der Waals surface area (Å²) in [6, 6.07) is 0. The van der Waals surface area contributed by atoms with Crippen molar-refractivity contribution < 1.29 is 9.59 Å². The highest BCUT2D eigenvalue weighted by Gasteiger charge is 2.25. The Morgan fingerprint density at radius 1 is 1.36 bits per heavy atom. The van der Waals surface area contributed by atoms with Gasteiger partial charge in [0.25, 0.3) is 0 Å². The highest BCUT2D eigenvalue weighted by atomic mass is 35.5. The van der Waals surface area contributed by atoms with Gasteiger partial charge >= 0.3 is 0 Å². The zero-order chi connectivity index (χ0) is 10.6. The minimum atomic E-state index is -0.257. The molecule has 1 fully saturated rings. The van der Waals surface area contributed by atoms with Crippen molar-refractivity contribution in [1.82, 2.24) is 4.90 Å². The molecule has 80 valence electrons. The van der Waals surface area contributed by atoms with Crippen LogP contribution in [0.1, 0.15) is 32.6 Å². The van der Waals surface area contributed by atoms with Gasteiger partial charge in [0.2, 0.25) is 11.1 Å². The molecule has 0 spiro atoms. The standard InChI is InChI=1S/C10H16ClNO2/c1-2-3-9(13)12-6-4-8(5-7-12)10(11)14/h8H,2-7H2,1H3. The third kappa shape index (κ3) is 2.98. The van der Waals surface area contributed by atoms with Crippen LogP contribution in [0.4, 0.5) is 0 Å². The van der Waals surface area contributed by atoms with Gasteiger partial charge in [0.05, 0.1) is 0 Å². The number of piperidine rings is 1. The lowest BCUT2D eigenvalue weighted by Crippen LogP contribution is -2.39. The molecule has 1 aliphatic heterocycles. The van der Waals surface area contributed by atoms with E-state index < -0.39 is 0 Å².